The number of halogens is 1. The summed E-state index contributed by atoms with van der Waals surface area (Å²) in [7, 11) is 0. The number of rotatable bonds is 5. The molecule has 1 aromatic carbocycles. The van der Waals surface area contributed by atoms with Crippen LogP contribution in [0.1, 0.15) is 13.8 Å². The van der Waals surface area contributed by atoms with E-state index in [1.54, 1.807) is 6.07 Å². The third kappa shape index (κ3) is 6.40. The summed E-state index contributed by atoms with van der Waals surface area (Å²) in [6, 6.07) is 5.22. The second-order valence-corrected chi connectivity index (χ2v) is 4.52. The zero-order chi connectivity index (χ0) is 14.3. The van der Waals surface area contributed by atoms with Crippen molar-refractivity contribution in [2.45, 2.75) is 13.8 Å². The fourth-order valence-electron chi connectivity index (χ4n) is 1.29. The summed E-state index contributed by atoms with van der Waals surface area (Å²) in [6.45, 7) is 4.30. The highest BCUT2D eigenvalue weighted by molar-refractivity contribution is 5.96. The molecule has 0 aliphatic heterocycles. The molecule has 5 nitrogen and oxygen atoms in total. The molecular weight excluding hydrogens is 249 g/mol. The topological polar surface area (TPSA) is 70.2 Å². The van der Waals surface area contributed by atoms with Crippen LogP contribution in [-0.4, -0.2) is 25.0 Å². The summed E-state index contributed by atoms with van der Waals surface area (Å²) < 4.78 is 12.9. The molecule has 19 heavy (non-hydrogen) atoms. The average molecular weight is 267 g/mol. The van der Waals surface area contributed by atoms with E-state index < -0.39 is 11.9 Å². The highest BCUT2D eigenvalue weighted by atomic mass is 19.1. The summed E-state index contributed by atoms with van der Waals surface area (Å²) >= 11 is 0. The zero-order valence-corrected chi connectivity index (χ0v) is 11.0. The van der Waals surface area contributed by atoms with Gasteiger partial charge in [0.15, 0.2) is 0 Å². The Kier molecular flexibility index (Phi) is 5.78. The number of carbonyl (C=O) groups is 2. The van der Waals surface area contributed by atoms with Crippen molar-refractivity contribution in [1.29, 1.82) is 0 Å². The molecule has 3 amide bonds. The minimum Gasteiger partial charge on any atom is -0.376 e. The van der Waals surface area contributed by atoms with Gasteiger partial charge < -0.3 is 10.6 Å². The number of nitrogens with one attached hydrogen (secondary N) is 3. The van der Waals surface area contributed by atoms with Gasteiger partial charge in [0.2, 0.25) is 5.91 Å². The van der Waals surface area contributed by atoms with Gasteiger partial charge in [-0.25, -0.2) is 9.18 Å². The van der Waals surface area contributed by atoms with Crippen molar-refractivity contribution < 1.29 is 14.0 Å². The quantitative estimate of drug-likeness (QED) is 0.760. The van der Waals surface area contributed by atoms with Crippen LogP contribution in [0.3, 0.4) is 0 Å². The number of imide groups is 1. The molecule has 0 atom stereocenters. The molecule has 0 aliphatic carbocycles. The van der Waals surface area contributed by atoms with Gasteiger partial charge in [0.25, 0.3) is 0 Å². The van der Waals surface area contributed by atoms with Crippen LogP contribution >= 0.6 is 0 Å². The van der Waals surface area contributed by atoms with E-state index in [0.29, 0.717) is 18.2 Å². The number of hydrogen-bond donors (Lipinski definition) is 3. The van der Waals surface area contributed by atoms with Gasteiger partial charge in [0, 0.05) is 12.2 Å². The van der Waals surface area contributed by atoms with Gasteiger partial charge in [0.1, 0.15) is 5.82 Å². The van der Waals surface area contributed by atoms with Crippen LogP contribution in [0.25, 0.3) is 0 Å². The molecule has 0 fully saturated rings. The molecule has 3 N–H and O–H groups in total. The van der Waals surface area contributed by atoms with Crippen molar-refractivity contribution >= 4 is 17.6 Å². The van der Waals surface area contributed by atoms with E-state index in [2.05, 4.69) is 16.0 Å². The van der Waals surface area contributed by atoms with Crippen LogP contribution in [0.2, 0.25) is 0 Å². The van der Waals surface area contributed by atoms with Gasteiger partial charge in [-0.15, -0.1) is 0 Å². The maximum atomic E-state index is 12.9. The first-order chi connectivity index (χ1) is 8.97. The second-order valence-electron chi connectivity index (χ2n) is 4.52. The number of urea groups is 1. The van der Waals surface area contributed by atoms with Crippen LogP contribution in [-0.2, 0) is 4.79 Å². The molecule has 1 rings (SSSR count). The lowest BCUT2D eigenvalue weighted by atomic mass is 10.2. The monoisotopic (exact) mass is 267 g/mol. The van der Waals surface area contributed by atoms with Crippen molar-refractivity contribution in [3.63, 3.8) is 0 Å². The molecule has 1 aromatic rings. The van der Waals surface area contributed by atoms with Crippen molar-refractivity contribution in [2.75, 3.05) is 18.4 Å². The molecule has 0 aromatic heterocycles. The highest BCUT2D eigenvalue weighted by Crippen LogP contribution is 2.08. The molecule has 0 aliphatic rings. The van der Waals surface area contributed by atoms with Crippen LogP contribution in [0, 0.1) is 11.7 Å². The Bertz CT molecular complexity index is 449. The number of hydrogen-bond acceptors (Lipinski definition) is 3. The first kappa shape index (κ1) is 14.9. The van der Waals surface area contributed by atoms with Crippen LogP contribution in [0.5, 0.6) is 0 Å². The predicted octanol–water partition coefficient (Wildman–Crippen LogP) is 1.72. The maximum Gasteiger partial charge on any atom is 0.321 e. The average Bonchev–Trinajstić information content (AvgIpc) is 2.34. The smallest absolute Gasteiger partial charge is 0.321 e. The fraction of sp³-hybridized carbons (Fsp3) is 0.385. The van der Waals surface area contributed by atoms with Gasteiger partial charge in [-0.1, -0.05) is 19.9 Å². The summed E-state index contributed by atoms with van der Waals surface area (Å²) in [4.78, 5) is 22.7. The van der Waals surface area contributed by atoms with Crippen LogP contribution in [0.15, 0.2) is 24.3 Å². The van der Waals surface area contributed by atoms with E-state index >= 15 is 0 Å². The first-order valence-electron chi connectivity index (χ1n) is 6.04. The molecule has 0 unspecified atom stereocenters. The van der Waals surface area contributed by atoms with E-state index in [1.807, 2.05) is 13.8 Å². The molecule has 0 bridgehead atoms. The number of amides is 3. The first-order valence-corrected chi connectivity index (χ1v) is 6.04. The summed E-state index contributed by atoms with van der Waals surface area (Å²) in [5.74, 6) is -0.558. The largest absolute Gasteiger partial charge is 0.376 e. The number of benzene rings is 1. The fourth-order valence-corrected chi connectivity index (χ4v) is 1.29. The SMILES string of the molecule is CC(C)CNC(=O)NC(=O)CNc1cccc(F)c1. The van der Waals surface area contributed by atoms with Gasteiger partial charge in [-0.05, 0) is 24.1 Å². The van der Waals surface area contributed by atoms with E-state index in [1.165, 1.54) is 18.2 Å². The minimum atomic E-state index is -0.528. The highest BCUT2D eigenvalue weighted by Gasteiger charge is 2.07. The molecule has 0 saturated carbocycles. The van der Waals surface area contributed by atoms with E-state index in [4.69, 9.17) is 0 Å². The lowest BCUT2D eigenvalue weighted by molar-refractivity contribution is -0.118. The molecule has 6 heteroatoms. The Morgan fingerprint density at radius 3 is 2.68 bits per heavy atom. The minimum absolute atomic E-state index is 0.0987. The van der Waals surface area contributed by atoms with E-state index in [9.17, 15) is 14.0 Å². The van der Waals surface area contributed by atoms with Crippen molar-refractivity contribution in [1.82, 2.24) is 10.6 Å². The molecular formula is C13H18FN3O2. The van der Waals surface area contributed by atoms with Gasteiger partial charge >= 0.3 is 6.03 Å². The second kappa shape index (κ2) is 7.35. The van der Waals surface area contributed by atoms with Crippen LogP contribution < -0.4 is 16.0 Å². The molecule has 0 radical (unpaired) electrons. The lowest BCUT2D eigenvalue weighted by Crippen LogP contribution is -2.43. The third-order valence-electron chi connectivity index (χ3n) is 2.20. The van der Waals surface area contributed by atoms with Crippen molar-refractivity contribution in [2.24, 2.45) is 5.92 Å². The van der Waals surface area contributed by atoms with E-state index in [-0.39, 0.29) is 12.4 Å². The molecule has 0 saturated heterocycles. The molecule has 104 valence electrons. The Morgan fingerprint density at radius 2 is 2.05 bits per heavy atom. The zero-order valence-electron chi connectivity index (χ0n) is 11.0. The summed E-state index contributed by atoms with van der Waals surface area (Å²) in [5.41, 5.74) is 0.484. The van der Waals surface area contributed by atoms with E-state index in [0.717, 1.165) is 0 Å². The third-order valence-corrected chi connectivity index (χ3v) is 2.20. The van der Waals surface area contributed by atoms with Gasteiger partial charge in [-0.3, -0.25) is 10.1 Å². The standard InChI is InChI=1S/C13H18FN3O2/c1-9(2)7-16-13(19)17-12(18)8-15-11-5-3-4-10(14)6-11/h3-6,9,15H,7-8H2,1-2H3,(H2,16,17,18,19). The summed E-state index contributed by atoms with van der Waals surface area (Å²) in [5, 5.41) is 7.46. The Hall–Kier alpha value is -2.11. The van der Waals surface area contributed by atoms with Gasteiger partial charge in [-0.2, -0.15) is 0 Å². The van der Waals surface area contributed by atoms with Crippen molar-refractivity contribution in [3.8, 4) is 0 Å². The Balaban J connectivity index is 2.30. The van der Waals surface area contributed by atoms with Gasteiger partial charge in [0.05, 0.1) is 6.54 Å². The summed E-state index contributed by atoms with van der Waals surface area (Å²) in [6.07, 6.45) is 0. The normalized spacial score (nSPS) is 10.1. The van der Waals surface area contributed by atoms with Crippen LogP contribution in [0.4, 0.5) is 14.9 Å². The number of carbonyl (C=O) groups excluding carboxylic acids is 2. The molecule has 0 spiro atoms. The van der Waals surface area contributed by atoms with Crippen molar-refractivity contribution in [3.05, 3.63) is 30.1 Å². The lowest BCUT2D eigenvalue weighted by Gasteiger charge is -2.09. The predicted molar refractivity (Wildman–Crippen MR) is 71.3 cm³/mol. The molecule has 0 heterocycles. The number of anilines is 1. The maximum absolute atomic E-state index is 12.9. The Labute approximate surface area is 111 Å². The Morgan fingerprint density at radius 1 is 1.32 bits per heavy atom.